The number of methoxy groups -OCH3 is 1. The normalized spacial score (nSPS) is 13.1. The van der Waals surface area contributed by atoms with E-state index in [1.165, 1.54) is 0 Å². The Morgan fingerprint density at radius 1 is 1.59 bits per heavy atom. The van der Waals surface area contributed by atoms with E-state index < -0.39 is 0 Å². The second-order valence-corrected chi connectivity index (χ2v) is 4.77. The van der Waals surface area contributed by atoms with Crippen LogP contribution in [0.15, 0.2) is 16.7 Å². The Morgan fingerprint density at radius 2 is 2.35 bits per heavy atom. The monoisotopic (exact) mass is 298 g/mol. The average Bonchev–Trinajstić information content (AvgIpc) is 2.61. The van der Waals surface area contributed by atoms with E-state index in [1.807, 2.05) is 10.6 Å². The molecule has 6 heteroatoms. The zero-order valence-electron chi connectivity index (χ0n) is 9.85. The van der Waals surface area contributed by atoms with E-state index >= 15 is 0 Å². The number of nitrogens with two attached hydrogens (primary N) is 1. The van der Waals surface area contributed by atoms with Crippen LogP contribution in [-0.2, 0) is 4.74 Å². The molecule has 2 aromatic heterocycles. The lowest BCUT2D eigenvalue weighted by Gasteiger charge is -2.17. The molecule has 1 atom stereocenters. The summed E-state index contributed by atoms with van der Waals surface area (Å²) in [6.07, 6.45) is 2.67. The summed E-state index contributed by atoms with van der Waals surface area (Å²) in [5.74, 6) is 0.481. The van der Waals surface area contributed by atoms with Crippen LogP contribution >= 0.6 is 15.9 Å². The van der Waals surface area contributed by atoms with Gasteiger partial charge in [-0.3, -0.25) is 4.57 Å². The topological polar surface area (TPSA) is 66.0 Å². The Kier molecular flexibility index (Phi) is 3.63. The summed E-state index contributed by atoms with van der Waals surface area (Å²) in [6.45, 7) is 2.69. The number of hydrogen-bond donors (Lipinski definition) is 1. The van der Waals surface area contributed by atoms with Crippen molar-refractivity contribution in [2.45, 2.75) is 19.4 Å². The molecule has 2 rings (SSSR count). The summed E-state index contributed by atoms with van der Waals surface area (Å²) in [7, 11) is 1.68. The van der Waals surface area contributed by atoms with E-state index in [0.717, 1.165) is 22.1 Å². The summed E-state index contributed by atoms with van der Waals surface area (Å²) in [4.78, 5) is 8.69. The fourth-order valence-electron chi connectivity index (χ4n) is 1.90. The third kappa shape index (κ3) is 2.28. The largest absolute Gasteiger partial charge is 0.383 e. The van der Waals surface area contributed by atoms with Crippen LogP contribution < -0.4 is 5.73 Å². The first-order valence-corrected chi connectivity index (χ1v) is 6.24. The molecule has 17 heavy (non-hydrogen) atoms. The molecule has 2 aromatic rings. The molecular formula is C11H15BrN4O. The number of anilines is 1. The highest BCUT2D eigenvalue weighted by atomic mass is 79.9. The predicted molar refractivity (Wildman–Crippen MR) is 70.8 cm³/mol. The quantitative estimate of drug-likeness (QED) is 0.941. The van der Waals surface area contributed by atoms with Crippen LogP contribution in [0.3, 0.4) is 0 Å². The van der Waals surface area contributed by atoms with Crippen molar-refractivity contribution in [1.29, 1.82) is 0 Å². The van der Waals surface area contributed by atoms with Crippen molar-refractivity contribution < 1.29 is 4.74 Å². The van der Waals surface area contributed by atoms with Gasteiger partial charge in [-0.15, -0.1) is 0 Å². The summed E-state index contributed by atoms with van der Waals surface area (Å²) in [5, 5.41) is 0. The molecule has 0 fully saturated rings. The van der Waals surface area contributed by atoms with Gasteiger partial charge < -0.3 is 10.5 Å². The van der Waals surface area contributed by atoms with Gasteiger partial charge in [-0.05, 0) is 28.4 Å². The summed E-state index contributed by atoms with van der Waals surface area (Å²) in [5.41, 5.74) is 7.55. The van der Waals surface area contributed by atoms with Crippen LogP contribution in [0.2, 0.25) is 0 Å². The smallest absolute Gasteiger partial charge is 0.202 e. The van der Waals surface area contributed by atoms with Gasteiger partial charge in [0.2, 0.25) is 5.95 Å². The van der Waals surface area contributed by atoms with E-state index in [0.29, 0.717) is 12.6 Å². The minimum absolute atomic E-state index is 0.165. The van der Waals surface area contributed by atoms with Gasteiger partial charge in [-0.2, -0.15) is 0 Å². The summed E-state index contributed by atoms with van der Waals surface area (Å²) in [6, 6.07) is 2.08. The zero-order chi connectivity index (χ0) is 12.4. The van der Waals surface area contributed by atoms with E-state index in [-0.39, 0.29) is 6.04 Å². The van der Waals surface area contributed by atoms with Gasteiger partial charge in [0, 0.05) is 17.8 Å². The Bertz CT molecular complexity index is 525. The first-order valence-electron chi connectivity index (χ1n) is 5.45. The number of pyridine rings is 1. The Labute approximate surface area is 108 Å². The van der Waals surface area contributed by atoms with Crippen LogP contribution in [0.5, 0.6) is 0 Å². The van der Waals surface area contributed by atoms with Crippen molar-refractivity contribution in [2.75, 3.05) is 19.5 Å². The zero-order valence-corrected chi connectivity index (χ0v) is 11.4. The van der Waals surface area contributed by atoms with Crippen LogP contribution in [-0.4, -0.2) is 28.3 Å². The van der Waals surface area contributed by atoms with Crippen LogP contribution in [0.25, 0.3) is 11.2 Å². The average molecular weight is 299 g/mol. The molecule has 2 heterocycles. The minimum Gasteiger partial charge on any atom is -0.383 e. The molecule has 0 aliphatic carbocycles. The number of ether oxygens (including phenoxy) is 1. The number of nitrogen functional groups attached to an aromatic ring is 1. The molecule has 0 aliphatic heterocycles. The first-order chi connectivity index (χ1) is 8.17. The standard InChI is InChI=1S/C11H15BrN4O/c1-3-8(6-17-2)16-10-9(15-11(16)13)4-7(12)5-14-10/h4-5,8H,3,6H2,1-2H3,(H2,13,15). The molecule has 0 spiro atoms. The molecule has 0 aromatic carbocycles. The molecule has 5 nitrogen and oxygen atoms in total. The van der Waals surface area contributed by atoms with E-state index in [1.54, 1.807) is 13.3 Å². The lowest BCUT2D eigenvalue weighted by molar-refractivity contribution is 0.155. The number of halogens is 1. The van der Waals surface area contributed by atoms with Crippen LogP contribution in [0.1, 0.15) is 19.4 Å². The Balaban J connectivity index is 2.55. The highest BCUT2D eigenvalue weighted by molar-refractivity contribution is 9.10. The fourth-order valence-corrected chi connectivity index (χ4v) is 2.22. The number of aromatic nitrogens is 3. The van der Waals surface area contributed by atoms with Crippen molar-refractivity contribution >= 4 is 33.0 Å². The number of hydrogen-bond acceptors (Lipinski definition) is 4. The highest BCUT2D eigenvalue weighted by Gasteiger charge is 2.17. The molecule has 92 valence electrons. The molecular weight excluding hydrogens is 284 g/mol. The highest BCUT2D eigenvalue weighted by Crippen LogP contribution is 2.25. The molecule has 0 amide bonds. The van der Waals surface area contributed by atoms with Gasteiger partial charge in [0.25, 0.3) is 0 Å². The SMILES string of the molecule is CCC(COC)n1c(N)nc2cc(Br)cnc21. The maximum Gasteiger partial charge on any atom is 0.202 e. The van der Waals surface area contributed by atoms with Crippen molar-refractivity contribution in [3.05, 3.63) is 16.7 Å². The molecule has 0 aliphatic rings. The number of rotatable bonds is 4. The number of nitrogens with zero attached hydrogens (tertiary/aromatic N) is 3. The minimum atomic E-state index is 0.165. The Morgan fingerprint density at radius 3 is 3.00 bits per heavy atom. The van der Waals surface area contributed by atoms with Gasteiger partial charge >= 0.3 is 0 Å². The van der Waals surface area contributed by atoms with E-state index in [2.05, 4.69) is 32.8 Å². The van der Waals surface area contributed by atoms with E-state index in [9.17, 15) is 0 Å². The lowest BCUT2D eigenvalue weighted by Crippen LogP contribution is -2.16. The maximum absolute atomic E-state index is 5.95. The summed E-state index contributed by atoms with van der Waals surface area (Å²) >= 11 is 3.37. The number of fused-ring (bicyclic) bond motifs is 1. The second kappa shape index (κ2) is 5.01. The molecule has 0 saturated carbocycles. The van der Waals surface area contributed by atoms with Gasteiger partial charge in [0.1, 0.15) is 5.52 Å². The van der Waals surface area contributed by atoms with Gasteiger partial charge in [0.05, 0.1) is 12.6 Å². The molecule has 1 unspecified atom stereocenters. The first kappa shape index (κ1) is 12.3. The van der Waals surface area contributed by atoms with Crippen LogP contribution in [0, 0.1) is 0 Å². The third-order valence-electron chi connectivity index (χ3n) is 2.72. The van der Waals surface area contributed by atoms with Gasteiger partial charge in [0.15, 0.2) is 5.65 Å². The predicted octanol–water partition coefficient (Wildman–Crippen LogP) is 2.37. The molecule has 0 saturated heterocycles. The van der Waals surface area contributed by atoms with E-state index in [4.69, 9.17) is 10.5 Å². The van der Waals surface area contributed by atoms with Gasteiger partial charge in [-0.25, -0.2) is 9.97 Å². The van der Waals surface area contributed by atoms with Crippen molar-refractivity contribution in [1.82, 2.24) is 14.5 Å². The summed E-state index contributed by atoms with van der Waals surface area (Å²) < 4.78 is 8.04. The fraction of sp³-hybridized carbons (Fsp3) is 0.455. The lowest BCUT2D eigenvalue weighted by atomic mass is 10.2. The van der Waals surface area contributed by atoms with Crippen molar-refractivity contribution in [2.24, 2.45) is 0 Å². The molecule has 0 radical (unpaired) electrons. The van der Waals surface area contributed by atoms with Gasteiger partial charge in [-0.1, -0.05) is 6.92 Å². The van der Waals surface area contributed by atoms with Crippen molar-refractivity contribution in [3.63, 3.8) is 0 Å². The second-order valence-electron chi connectivity index (χ2n) is 3.85. The number of imidazole rings is 1. The molecule has 2 N–H and O–H groups in total. The maximum atomic E-state index is 5.95. The molecule has 0 bridgehead atoms. The Hall–Kier alpha value is -1.14. The van der Waals surface area contributed by atoms with Crippen LogP contribution in [0.4, 0.5) is 5.95 Å². The third-order valence-corrected chi connectivity index (χ3v) is 3.15. The van der Waals surface area contributed by atoms with Crippen molar-refractivity contribution in [3.8, 4) is 0 Å².